The van der Waals surface area contributed by atoms with Gasteiger partial charge in [-0.05, 0) is 48.9 Å². The molecule has 2 N–H and O–H groups in total. The Morgan fingerprint density at radius 1 is 1.17 bits per heavy atom. The Hall–Kier alpha value is -1.87. The Balaban J connectivity index is 2.48. The van der Waals surface area contributed by atoms with Gasteiger partial charge in [-0.25, -0.2) is 4.39 Å². The van der Waals surface area contributed by atoms with Crippen LogP contribution in [0.5, 0.6) is 0 Å². The summed E-state index contributed by atoms with van der Waals surface area (Å²) in [6.45, 7) is 1.79. The minimum Gasteiger partial charge on any atom is -0.399 e. The molecule has 92 valence electrons. The van der Waals surface area contributed by atoms with Crippen molar-refractivity contribution >= 4 is 23.1 Å². The Kier molecular flexibility index (Phi) is 3.34. The van der Waals surface area contributed by atoms with E-state index < -0.39 is 5.82 Å². The molecule has 0 fully saturated rings. The summed E-state index contributed by atoms with van der Waals surface area (Å²) in [4.78, 5) is 12.3. The van der Waals surface area contributed by atoms with Gasteiger partial charge in [-0.2, -0.15) is 0 Å². The maximum Gasteiger partial charge on any atom is 0.194 e. The molecular formula is C14H11ClFNO. The molecule has 0 radical (unpaired) electrons. The number of nitrogen functional groups attached to an aromatic ring is 1. The molecular weight excluding hydrogens is 253 g/mol. The smallest absolute Gasteiger partial charge is 0.194 e. The van der Waals surface area contributed by atoms with Crippen LogP contribution in [0.4, 0.5) is 10.1 Å². The van der Waals surface area contributed by atoms with Crippen molar-refractivity contribution in [1.82, 2.24) is 0 Å². The monoisotopic (exact) mass is 263 g/mol. The Morgan fingerprint density at radius 3 is 2.44 bits per heavy atom. The molecule has 18 heavy (non-hydrogen) atoms. The molecule has 0 aliphatic heterocycles. The second kappa shape index (κ2) is 4.78. The largest absolute Gasteiger partial charge is 0.399 e. The van der Waals surface area contributed by atoms with Crippen LogP contribution in [0.25, 0.3) is 0 Å². The van der Waals surface area contributed by atoms with Gasteiger partial charge in [0.25, 0.3) is 0 Å². The van der Waals surface area contributed by atoms with Crippen LogP contribution < -0.4 is 5.73 Å². The summed E-state index contributed by atoms with van der Waals surface area (Å²) in [6.07, 6.45) is 0. The predicted octanol–water partition coefficient (Wildman–Crippen LogP) is 3.60. The first-order valence-electron chi connectivity index (χ1n) is 5.35. The van der Waals surface area contributed by atoms with Gasteiger partial charge in [0.1, 0.15) is 5.82 Å². The maximum atomic E-state index is 12.9. The molecule has 2 rings (SSSR count). The van der Waals surface area contributed by atoms with E-state index in [0.29, 0.717) is 11.3 Å². The fourth-order valence-corrected chi connectivity index (χ4v) is 2.01. The van der Waals surface area contributed by atoms with E-state index in [-0.39, 0.29) is 16.4 Å². The van der Waals surface area contributed by atoms with Crippen LogP contribution in [0, 0.1) is 12.7 Å². The Labute approximate surface area is 109 Å². The topological polar surface area (TPSA) is 43.1 Å². The van der Waals surface area contributed by atoms with Crippen molar-refractivity contribution in [2.45, 2.75) is 6.92 Å². The van der Waals surface area contributed by atoms with Crippen LogP contribution in [0.3, 0.4) is 0 Å². The van der Waals surface area contributed by atoms with E-state index >= 15 is 0 Å². The average molecular weight is 264 g/mol. The summed E-state index contributed by atoms with van der Waals surface area (Å²) in [5, 5.41) is 0.108. The molecule has 0 saturated carbocycles. The van der Waals surface area contributed by atoms with Gasteiger partial charge in [0.05, 0.1) is 5.02 Å². The molecule has 0 saturated heterocycles. The number of halogens is 2. The number of ketones is 1. The number of hydrogen-bond donors (Lipinski definition) is 1. The van der Waals surface area contributed by atoms with Gasteiger partial charge in [-0.15, -0.1) is 0 Å². The normalized spacial score (nSPS) is 10.4. The highest BCUT2D eigenvalue weighted by Crippen LogP contribution is 2.23. The van der Waals surface area contributed by atoms with Crippen LogP contribution in [-0.4, -0.2) is 5.78 Å². The van der Waals surface area contributed by atoms with E-state index in [9.17, 15) is 9.18 Å². The van der Waals surface area contributed by atoms with E-state index in [1.165, 1.54) is 12.1 Å². The number of hydrogen-bond acceptors (Lipinski definition) is 2. The lowest BCUT2D eigenvalue weighted by molar-refractivity contribution is 0.103. The number of carbonyl (C=O) groups excluding carboxylic acids is 1. The van der Waals surface area contributed by atoms with E-state index in [0.717, 1.165) is 11.6 Å². The molecule has 2 aromatic carbocycles. The lowest BCUT2D eigenvalue weighted by atomic mass is 9.98. The SMILES string of the molecule is Cc1cc(N)ccc1C(=O)c1ccc(F)cc1Cl. The molecule has 2 aromatic rings. The first kappa shape index (κ1) is 12.6. The molecule has 0 aromatic heterocycles. The molecule has 0 bridgehead atoms. The highest BCUT2D eigenvalue weighted by molar-refractivity contribution is 6.35. The van der Waals surface area contributed by atoms with Gasteiger partial charge in [0, 0.05) is 16.8 Å². The van der Waals surface area contributed by atoms with Gasteiger partial charge < -0.3 is 5.73 Å². The van der Waals surface area contributed by atoms with Crippen molar-refractivity contribution in [2.75, 3.05) is 5.73 Å². The number of rotatable bonds is 2. The van der Waals surface area contributed by atoms with Crippen LogP contribution in [-0.2, 0) is 0 Å². The van der Waals surface area contributed by atoms with Crippen molar-refractivity contribution in [3.63, 3.8) is 0 Å². The number of aryl methyl sites for hydroxylation is 1. The summed E-state index contributed by atoms with van der Waals surface area (Å²) >= 11 is 5.87. The third-order valence-corrected chi connectivity index (χ3v) is 2.98. The molecule has 0 amide bonds. The Bertz CT molecular complexity index is 572. The van der Waals surface area contributed by atoms with Crippen molar-refractivity contribution < 1.29 is 9.18 Å². The standard InChI is InChI=1S/C14H11ClFNO/c1-8-6-10(17)3-5-11(8)14(18)12-4-2-9(16)7-13(12)15/h2-7H,17H2,1H3. The highest BCUT2D eigenvalue weighted by Gasteiger charge is 2.15. The average Bonchev–Trinajstić information content (AvgIpc) is 2.28. The molecule has 0 atom stereocenters. The quantitative estimate of drug-likeness (QED) is 0.664. The highest BCUT2D eigenvalue weighted by atomic mass is 35.5. The van der Waals surface area contributed by atoms with Crippen LogP contribution in [0.2, 0.25) is 5.02 Å². The lowest BCUT2D eigenvalue weighted by Crippen LogP contribution is -2.05. The summed E-state index contributed by atoms with van der Waals surface area (Å²) < 4.78 is 12.9. The van der Waals surface area contributed by atoms with Crippen molar-refractivity contribution in [3.8, 4) is 0 Å². The predicted molar refractivity (Wildman–Crippen MR) is 70.4 cm³/mol. The van der Waals surface area contributed by atoms with Gasteiger partial charge in [-0.1, -0.05) is 11.6 Å². The second-order valence-electron chi connectivity index (χ2n) is 4.03. The van der Waals surface area contributed by atoms with Crippen molar-refractivity contribution in [1.29, 1.82) is 0 Å². The summed E-state index contributed by atoms with van der Waals surface area (Å²) in [5.41, 5.74) is 7.78. The molecule has 0 unspecified atom stereocenters. The van der Waals surface area contributed by atoms with Crippen LogP contribution >= 0.6 is 11.6 Å². The fourth-order valence-electron chi connectivity index (χ4n) is 1.76. The molecule has 0 heterocycles. The van der Waals surface area contributed by atoms with Crippen molar-refractivity contribution in [3.05, 3.63) is 63.9 Å². The minimum atomic E-state index is -0.467. The zero-order valence-electron chi connectivity index (χ0n) is 9.71. The van der Waals surface area contributed by atoms with Crippen LogP contribution in [0.1, 0.15) is 21.5 Å². The van der Waals surface area contributed by atoms with E-state index in [4.69, 9.17) is 17.3 Å². The molecule has 4 heteroatoms. The number of anilines is 1. The Morgan fingerprint density at radius 2 is 1.83 bits per heavy atom. The zero-order chi connectivity index (χ0) is 13.3. The maximum absolute atomic E-state index is 12.9. The fraction of sp³-hybridized carbons (Fsp3) is 0.0714. The number of nitrogens with two attached hydrogens (primary N) is 1. The summed E-state index contributed by atoms with van der Waals surface area (Å²) in [7, 11) is 0. The molecule has 0 aliphatic carbocycles. The minimum absolute atomic E-state index is 0.108. The number of benzene rings is 2. The zero-order valence-corrected chi connectivity index (χ0v) is 10.5. The molecule has 0 aliphatic rings. The van der Waals surface area contributed by atoms with E-state index in [1.54, 1.807) is 25.1 Å². The third kappa shape index (κ3) is 2.36. The van der Waals surface area contributed by atoms with Crippen LogP contribution in [0.15, 0.2) is 36.4 Å². The lowest BCUT2D eigenvalue weighted by Gasteiger charge is -2.07. The molecule has 0 spiro atoms. The van der Waals surface area contributed by atoms with Gasteiger partial charge >= 0.3 is 0 Å². The second-order valence-corrected chi connectivity index (χ2v) is 4.43. The van der Waals surface area contributed by atoms with Gasteiger partial charge in [-0.3, -0.25) is 4.79 Å². The first-order chi connectivity index (χ1) is 8.49. The number of carbonyl (C=O) groups is 1. The van der Waals surface area contributed by atoms with E-state index in [2.05, 4.69) is 0 Å². The van der Waals surface area contributed by atoms with Gasteiger partial charge in [0.15, 0.2) is 5.78 Å². The van der Waals surface area contributed by atoms with Gasteiger partial charge in [0.2, 0.25) is 0 Å². The summed E-state index contributed by atoms with van der Waals surface area (Å²) in [6, 6.07) is 8.73. The van der Waals surface area contributed by atoms with E-state index in [1.807, 2.05) is 0 Å². The first-order valence-corrected chi connectivity index (χ1v) is 5.72. The molecule has 2 nitrogen and oxygen atoms in total. The summed E-state index contributed by atoms with van der Waals surface area (Å²) in [5.74, 6) is -0.705. The van der Waals surface area contributed by atoms with Crippen molar-refractivity contribution in [2.24, 2.45) is 0 Å². The third-order valence-electron chi connectivity index (χ3n) is 2.67.